The van der Waals surface area contributed by atoms with Gasteiger partial charge in [-0.05, 0) is 47.7 Å². The number of nitrogens with zero attached hydrogens (tertiary/aromatic N) is 1. The zero-order valence-electron chi connectivity index (χ0n) is 15.9. The van der Waals surface area contributed by atoms with Crippen LogP contribution in [0.5, 0.6) is 5.75 Å². The van der Waals surface area contributed by atoms with Gasteiger partial charge in [-0.1, -0.05) is 36.4 Å². The summed E-state index contributed by atoms with van der Waals surface area (Å²) in [4.78, 5) is 11.9. The Hall–Kier alpha value is -2.84. The molecule has 152 valence electrons. The maximum Gasteiger partial charge on any atom is 0.273 e. The molecule has 0 saturated heterocycles. The number of nitrogens with one attached hydrogen (secondary N) is 1. The molecule has 0 aliphatic heterocycles. The third-order valence-corrected chi connectivity index (χ3v) is 7.42. The van der Waals surface area contributed by atoms with E-state index in [-0.39, 0.29) is 16.7 Å². The highest BCUT2D eigenvalue weighted by atomic mass is 32.2. The van der Waals surface area contributed by atoms with Crippen molar-refractivity contribution in [3.8, 4) is 5.75 Å². The van der Waals surface area contributed by atoms with Crippen molar-refractivity contribution >= 4 is 33.0 Å². The summed E-state index contributed by atoms with van der Waals surface area (Å²) in [6, 6.07) is 19.8. The van der Waals surface area contributed by atoms with Crippen molar-refractivity contribution in [2.75, 3.05) is 24.5 Å². The molecule has 0 radical (unpaired) electrons. The predicted molar refractivity (Wildman–Crippen MR) is 115 cm³/mol. The summed E-state index contributed by atoms with van der Waals surface area (Å²) in [6.07, 6.45) is 0.756. The summed E-state index contributed by atoms with van der Waals surface area (Å²) < 4.78 is 32.1. The molecular weight excluding hydrogens is 408 g/mol. The Labute approximate surface area is 174 Å². The molecular formula is C21H22N2O4S2. The Bertz CT molecular complexity index is 1020. The molecule has 1 heterocycles. The van der Waals surface area contributed by atoms with Gasteiger partial charge in [-0.3, -0.25) is 9.10 Å². The van der Waals surface area contributed by atoms with Crippen molar-refractivity contribution in [3.63, 3.8) is 0 Å². The molecule has 0 unspecified atom stereocenters. The number of carbonyl (C=O) groups is 1. The third kappa shape index (κ3) is 5.58. The second kappa shape index (κ2) is 9.58. The molecule has 29 heavy (non-hydrogen) atoms. The molecule has 6 nitrogen and oxygen atoms in total. The molecule has 1 amide bonds. The van der Waals surface area contributed by atoms with Crippen molar-refractivity contribution in [2.24, 2.45) is 0 Å². The average Bonchev–Trinajstić information content (AvgIpc) is 3.29. The molecule has 0 aliphatic carbocycles. The van der Waals surface area contributed by atoms with Gasteiger partial charge in [0.05, 0.1) is 5.69 Å². The van der Waals surface area contributed by atoms with Crippen LogP contribution in [-0.4, -0.2) is 34.5 Å². The zero-order chi connectivity index (χ0) is 20.7. The van der Waals surface area contributed by atoms with Crippen LogP contribution in [0.15, 0.2) is 76.3 Å². The van der Waals surface area contributed by atoms with Crippen LogP contribution >= 0.6 is 11.3 Å². The van der Waals surface area contributed by atoms with Gasteiger partial charge >= 0.3 is 0 Å². The second-order valence-electron chi connectivity index (χ2n) is 6.27. The fraction of sp³-hybridized carbons (Fsp3) is 0.190. The van der Waals surface area contributed by atoms with E-state index in [9.17, 15) is 13.2 Å². The predicted octanol–water partition coefficient (Wildman–Crippen LogP) is 3.31. The first-order valence-electron chi connectivity index (χ1n) is 9.03. The highest BCUT2D eigenvalue weighted by Crippen LogP contribution is 2.26. The summed E-state index contributed by atoms with van der Waals surface area (Å²) in [5, 5.41) is 4.54. The molecule has 3 aromatic rings. The number of sulfonamides is 1. The van der Waals surface area contributed by atoms with Gasteiger partial charge in [0.15, 0.2) is 6.61 Å². The van der Waals surface area contributed by atoms with Gasteiger partial charge in [0.25, 0.3) is 15.9 Å². The molecule has 0 aliphatic rings. The highest BCUT2D eigenvalue weighted by Gasteiger charge is 2.22. The number of hydrogen-bond acceptors (Lipinski definition) is 5. The van der Waals surface area contributed by atoms with E-state index in [1.54, 1.807) is 41.8 Å². The van der Waals surface area contributed by atoms with Crippen LogP contribution in [0.25, 0.3) is 0 Å². The van der Waals surface area contributed by atoms with E-state index < -0.39 is 10.0 Å². The number of hydrogen-bond donors (Lipinski definition) is 1. The number of anilines is 1. The zero-order valence-corrected chi connectivity index (χ0v) is 17.6. The first-order valence-corrected chi connectivity index (χ1v) is 11.3. The average molecular weight is 431 g/mol. The van der Waals surface area contributed by atoms with Crippen LogP contribution in [-0.2, 0) is 21.2 Å². The van der Waals surface area contributed by atoms with Crippen molar-refractivity contribution in [1.82, 2.24) is 5.32 Å². The van der Waals surface area contributed by atoms with Crippen LogP contribution in [0.2, 0.25) is 0 Å². The Morgan fingerprint density at radius 2 is 1.76 bits per heavy atom. The number of rotatable bonds is 9. The van der Waals surface area contributed by atoms with Crippen LogP contribution in [0.1, 0.15) is 5.56 Å². The second-order valence-corrected chi connectivity index (χ2v) is 9.42. The van der Waals surface area contributed by atoms with E-state index in [0.717, 1.165) is 12.0 Å². The molecule has 8 heteroatoms. The van der Waals surface area contributed by atoms with Gasteiger partial charge in [-0.15, -0.1) is 11.3 Å². The smallest absolute Gasteiger partial charge is 0.273 e. The van der Waals surface area contributed by atoms with Crippen molar-refractivity contribution in [3.05, 3.63) is 77.7 Å². The summed E-state index contributed by atoms with van der Waals surface area (Å²) >= 11 is 1.17. The van der Waals surface area contributed by atoms with Gasteiger partial charge in [-0.25, -0.2) is 8.42 Å². The summed E-state index contributed by atoms with van der Waals surface area (Å²) in [5.41, 5.74) is 1.67. The first kappa shape index (κ1) is 20.9. The fourth-order valence-corrected chi connectivity index (χ4v) is 4.98. The quantitative estimate of drug-likeness (QED) is 0.565. The Morgan fingerprint density at radius 3 is 2.41 bits per heavy atom. The van der Waals surface area contributed by atoms with Crippen LogP contribution in [0.3, 0.4) is 0 Å². The Morgan fingerprint density at radius 1 is 1.03 bits per heavy atom. The van der Waals surface area contributed by atoms with Crippen LogP contribution < -0.4 is 14.4 Å². The lowest BCUT2D eigenvalue weighted by atomic mass is 10.1. The normalized spacial score (nSPS) is 11.1. The summed E-state index contributed by atoms with van der Waals surface area (Å²) in [5.74, 6) is 0.288. The van der Waals surface area contributed by atoms with Crippen molar-refractivity contribution < 1.29 is 17.9 Å². The Balaban J connectivity index is 1.48. The van der Waals surface area contributed by atoms with Gasteiger partial charge in [0.1, 0.15) is 9.96 Å². The summed E-state index contributed by atoms with van der Waals surface area (Å²) in [7, 11) is -2.07. The first-order chi connectivity index (χ1) is 14.0. The molecule has 1 aromatic heterocycles. The van der Waals surface area contributed by atoms with Gasteiger partial charge in [0.2, 0.25) is 0 Å². The Kier molecular flexibility index (Phi) is 6.90. The van der Waals surface area contributed by atoms with Gasteiger partial charge in [-0.2, -0.15) is 0 Å². The standard InChI is InChI=1S/C21H22N2O4S2/c1-23(29(25,26)21-8-5-15-28-21)18-9-11-19(12-10-18)27-16-20(24)22-14-13-17-6-3-2-4-7-17/h2-12,15H,13-14,16H2,1H3,(H,22,24). The fourth-order valence-electron chi connectivity index (χ4n) is 2.63. The monoisotopic (exact) mass is 430 g/mol. The molecule has 2 aromatic carbocycles. The molecule has 0 saturated carbocycles. The molecule has 3 rings (SSSR count). The van der Waals surface area contributed by atoms with Crippen molar-refractivity contribution in [2.45, 2.75) is 10.6 Å². The number of ether oxygens (including phenoxy) is 1. The molecule has 0 atom stereocenters. The van der Waals surface area contributed by atoms with Crippen LogP contribution in [0.4, 0.5) is 5.69 Å². The third-order valence-electron chi connectivity index (χ3n) is 4.26. The van der Waals surface area contributed by atoms with E-state index >= 15 is 0 Å². The molecule has 0 spiro atoms. The van der Waals surface area contributed by atoms with Crippen LogP contribution in [0, 0.1) is 0 Å². The minimum atomic E-state index is -3.57. The van der Waals surface area contributed by atoms with E-state index in [0.29, 0.717) is 18.0 Å². The minimum absolute atomic E-state index is 0.0997. The van der Waals surface area contributed by atoms with E-state index in [1.807, 2.05) is 30.3 Å². The molecule has 0 fully saturated rings. The lowest BCUT2D eigenvalue weighted by Gasteiger charge is -2.18. The largest absolute Gasteiger partial charge is 0.484 e. The number of thiophene rings is 1. The topological polar surface area (TPSA) is 75.7 Å². The van der Waals surface area contributed by atoms with E-state index in [2.05, 4.69) is 5.32 Å². The van der Waals surface area contributed by atoms with Gasteiger partial charge in [0, 0.05) is 13.6 Å². The highest BCUT2D eigenvalue weighted by molar-refractivity contribution is 7.94. The maximum absolute atomic E-state index is 12.5. The van der Waals surface area contributed by atoms with Gasteiger partial charge < -0.3 is 10.1 Å². The van der Waals surface area contributed by atoms with Crippen molar-refractivity contribution in [1.29, 1.82) is 0 Å². The number of benzene rings is 2. The van der Waals surface area contributed by atoms with E-state index in [4.69, 9.17) is 4.74 Å². The minimum Gasteiger partial charge on any atom is -0.484 e. The lowest BCUT2D eigenvalue weighted by molar-refractivity contribution is -0.123. The molecule has 0 bridgehead atoms. The maximum atomic E-state index is 12.5. The van der Waals surface area contributed by atoms with E-state index in [1.165, 1.54) is 22.7 Å². The summed E-state index contributed by atoms with van der Waals surface area (Å²) in [6.45, 7) is 0.438. The number of amides is 1. The number of carbonyl (C=O) groups excluding carboxylic acids is 1. The SMILES string of the molecule is CN(c1ccc(OCC(=O)NCCc2ccccc2)cc1)S(=O)(=O)c1cccs1. The lowest BCUT2D eigenvalue weighted by Crippen LogP contribution is -2.30. The molecule has 1 N–H and O–H groups in total.